The van der Waals surface area contributed by atoms with Crippen molar-refractivity contribution in [3.63, 3.8) is 0 Å². The molecular weight excluding hydrogens is 355 g/mol. The zero-order valence-electron chi connectivity index (χ0n) is 13.6. The van der Waals surface area contributed by atoms with Crippen molar-refractivity contribution in [1.82, 2.24) is 10.2 Å². The molecule has 0 radical (unpaired) electrons. The van der Waals surface area contributed by atoms with Crippen LogP contribution >= 0.6 is 11.8 Å². The average Bonchev–Trinajstić information content (AvgIpc) is 2.89. The Morgan fingerprint density at radius 3 is 2.50 bits per heavy atom. The molecule has 0 saturated carbocycles. The molecule has 7 heteroatoms. The molecule has 132 valence electrons. The van der Waals surface area contributed by atoms with Crippen LogP contribution in [0.5, 0.6) is 0 Å². The summed E-state index contributed by atoms with van der Waals surface area (Å²) in [6.45, 7) is -0.410. The topological polar surface area (TPSA) is 66.5 Å². The van der Waals surface area contributed by atoms with Crippen LogP contribution in [0.25, 0.3) is 6.08 Å². The van der Waals surface area contributed by atoms with Crippen molar-refractivity contribution in [1.29, 1.82) is 0 Å². The summed E-state index contributed by atoms with van der Waals surface area (Å²) in [6, 6.07) is 15.2. The first-order valence-electron chi connectivity index (χ1n) is 7.85. The molecule has 2 aromatic carbocycles. The maximum atomic E-state index is 13.5. The van der Waals surface area contributed by atoms with Gasteiger partial charge in [0.25, 0.3) is 11.1 Å². The number of amides is 3. The van der Waals surface area contributed by atoms with Gasteiger partial charge in [0.2, 0.25) is 5.91 Å². The number of rotatable bonds is 5. The van der Waals surface area contributed by atoms with Crippen LogP contribution in [0, 0.1) is 5.82 Å². The highest BCUT2D eigenvalue weighted by Gasteiger charge is 2.36. The zero-order valence-corrected chi connectivity index (χ0v) is 14.5. The van der Waals surface area contributed by atoms with Gasteiger partial charge in [-0.1, -0.05) is 48.5 Å². The number of imide groups is 1. The second kappa shape index (κ2) is 7.97. The minimum absolute atomic E-state index is 0.0123. The molecule has 1 heterocycles. The highest BCUT2D eigenvalue weighted by Crippen LogP contribution is 2.31. The molecule has 26 heavy (non-hydrogen) atoms. The van der Waals surface area contributed by atoms with Gasteiger partial charge in [-0.3, -0.25) is 19.3 Å². The highest BCUT2D eigenvalue weighted by atomic mass is 32.2. The van der Waals surface area contributed by atoms with Gasteiger partial charge in [-0.25, -0.2) is 4.39 Å². The molecule has 0 bridgehead atoms. The SMILES string of the molecule is O=C(CN1C(=O)S/C(=C/c2ccccc2)C1=O)NCc1ccccc1F. The predicted molar refractivity (Wildman–Crippen MR) is 97.4 cm³/mol. The van der Waals surface area contributed by atoms with E-state index in [0.717, 1.165) is 22.2 Å². The molecular formula is C19H15FN2O3S. The molecule has 3 rings (SSSR count). The fraction of sp³-hybridized carbons (Fsp3) is 0.105. The maximum absolute atomic E-state index is 13.5. The van der Waals surface area contributed by atoms with E-state index in [-0.39, 0.29) is 11.4 Å². The Morgan fingerprint density at radius 1 is 1.08 bits per heavy atom. The molecule has 0 aromatic heterocycles. The Kier molecular flexibility index (Phi) is 5.48. The molecule has 0 aliphatic carbocycles. The van der Waals surface area contributed by atoms with Crippen LogP contribution in [-0.2, 0) is 16.1 Å². The monoisotopic (exact) mass is 370 g/mol. The maximum Gasteiger partial charge on any atom is 0.294 e. The number of benzene rings is 2. The number of carbonyl (C=O) groups excluding carboxylic acids is 3. The second-order valence-corrected chi connectivity index (χ2v) is 6.54. The van der Waals surface area contributed by atoms with Gasteiger partial charge in [-0.15, -0.1) is 0 Å². The van der Waals surface area contributed by atoms with E-state index in [9.17, 15) is 18.8 Å². The van der Waals surface area contributed by atoms with Crippen molar-refractivity contribution in [3.8, 4) is 0 Å². The van der Waals surface area contributed by atoms with Gasteiger partial charge in [-0.05, 0) is 29.5 Å². The molecule has 1 N–H and O–H groups in total. The van der Waals surface area contributed by atoms with Gasteiger partial charge in [0, 0.05) is 12.1 Å². The summed E-state index contributed by atoms with van der Waals surface area (Å²) in [6.07, 6.45) is 1.61. The van der Waals surface area contributed by atoms with Crippen molar-refractivity contribution in [3.05, 3.63) is 76.4 Å². The molecule has 1 fully saturated rings. The summed E-state index contributed by atoms with van der Waals surface area (Å²) in [5, 5.41) is 2.02. The Labute approximate surface area is 153 Å². The summed E-state index contributed by atoms with van der Waals surface area (Å²) in [5.74, 6) is -1.47. The first kappa shape index (κ1) is 17.9. The van der Waals surface area contributed by atoms with Crippen molar-refractivity contribution < 1.29 is 18.8 Å². The Bertz CT molecular complexity index is 883. The average molecular weight is 370 g/mol. The molecule has 1 saturated heterocycles. The number of nitrogens with zero attached hydrogens (tertiary/aromatic N) is 1. The van der Waals surface area contributed by atoms with E-state index in [1.54, 1.807) is 24.3 Å². The summed E-state index contributed by atoms with van der Waals surface area (Å²) in [4.78, 5) is 37.6. The smallest absolute Gasteiger partial charge is 0.294 e. The van der Waals surface area contributed by atoms with Gasteiger partial charge in [0.1, 0.15) is 12.4 Å². The van der Waals surface area contributed by atoms with Crippen LogP contribution in [0.2, 0.25) is 0 Å². The van der Waals surface area contributed by atoms with E-state index in [1.165, 1.54) is 6.07 Å². The summed E-state index contributed by atoms with van der Waals surface area (Å²) < 4.78 is 13.5. The van der Waals surface area contributed by atoms with Crippen molar-refractivity contribution >= 4 is 34.9 Å². The Balaban J connectivity index is 1.62. The molecule has 1 aliphatic heterocycles. The minimum atomic E-state index is -0.531. The quantitative estimate of drug-likeness (QED) is 0.821. The number of halogens is 1. The Hall–Kier alpha value is -2.93. The molecule has 0 atom stereocenters. The molecule has 3 amide bonds. The van der Waals surface area contributed by atoms with E-state index in [1.807, 2.05) is 30.3 Å². The van der Waals surface area contributed by atoms with Crippen LogP contribution in [-0.4, -0.2) is 28.5 Å². The van der Waals surface area contributed by atoms with Crippen LogP contribution in [0.4, 0.5) is 9.18 Å². The van der Waals surface area contributed by atoms with Crippen LogP contribution in [0.1, 0.15) is 11.1 Å². The second-order valence-electron chi connectivity index (χ2n) is 5.55. The van der Waals surface area contributed by atoms with E-state index < -0.39 is 29.4 Å². The number of hydrogen-bond acceptors (Lipinski definition) is 4. The van der Waals surface area contributed by atoms with Gasteiger partial charge in [0.15, 0.2) is 0 Å². The number of nitrogens with one attached hydrogen (secondary N) is 1. The van der Waals surface area contributed by atoms with Gasteiger partial charge in [0.05, 0.1) is 4.91 Å². The summed E-state index contributed by atoms with van der Waals surface area (Å²) in [5.41, 5.74) is 1.13. The van der Waals surface area contributed by atoms with Gasteiger partial charge >= 0.3 is 0 Å². The first-order chi connectivity index (χ1) is 12.5. The summed E-state index contributed by atoms with van der Waals surface area (Å²) >= 11 is 0.794. The van der Waals surface area contributed by atoms with Crippen molar-refractivity contribution in [2.75, 3.05) is 6.54 Å². The van der Waals surface area contributed by atoms with Gasteiger partial charge < -0.3 is 5.32 Å². The van der Waals surface area contributed by atoms with Crippen molar-refractivity contribution in [2.24, 2.45) is 0 Å². The Morgan fingerprint density at radius 2 is 1.77 bits per heavy atom. The van der Waals surface area contributed by atoms with Crippen molar-refractivity contribution in [2.45, 2.75) is 6.54 Å². The first-order valence-corrected chi connectivity index (χ1v) is 8.67. The largest absolute Gasteiger partial charge is 0.350 e. The molecule has 5 nitrogen and oxygen atoms in total. The van der Waals surface area contributed by atoms with E-state index in [4.69, 9.17) is 0 Å². The highest BCUT2D eigenvalue weighted by molar-refractivity contribution is 8.18. The summed E-state index contributed by atoms with van der Waals surface area (Å²) in [7, 11) is 0. The van der Waals surface area contributed by atoms with E-state index in [2.05, 4.69) is 5.32 Å². The lowest BCUT2D eigenvalue weighted by Crippen LogP contribution is -2.39. The molecule has 0 unspecified atom stereocenters. The molecule has 0 spiro atoms. The van der Waals surface area contributed by atoms with E-state index in [0.29, 0.717) is 5.56 Å². The van der Waals surface area contributed by atoms with E-state index >= 15 is 0 Å². The third-order valence-corrected chi connectivity index (χ3v) is 4.61. The third-order valence-electron chi connectivity index (χ3n) is 3.71. The molecule has 1 aliphatic rings. The third kappa shape index (κ3) is 4.18. The standard InChI is InChI=1S/C19H15FN2O3S/c20-15-9-5-4-8-14(15)11-21-17(23)12-22-18(24)16(26-19(22)25)10-13-6-2-1-3-7-13/h1-10H,11-12H2,(H,21,23)/b16-10+. The molecule has 2 aromatic rings. The fourth-order valence-electron chi connectivity index (χ4n) is 2.37. The van der Waals surface area contributed by atoms with Crippen LogP contribution < -0.4 is 5.32 Å². The predicted octanol–water partition coefficient (Wildman–Crippen LogP) is 3.18. The lowest BCUT2D eigenvalue weighted by Gasteiger charge is -2.12. The minimum Gasteiger partial charge on any atom is -0.350 e. The number of carbonyl (C=O) groups is 3. The van der Waals surface area contributed by atoms with Gasteiger partial charge in [-0.2, -0.15) is 0 Å². The van der Waals surface area contributed by atoms with Crippen LogP contribution in [0.3, 0.4) is 0 Å². The number of thioether (sulfide) groups is 1. The zero-order chi connectivity index (χ0) is 18.5. The normalized spacial score (nSPS) is 15.6. The fourth-order valence-corrected chi connectivity index (χ4v) is 3.21. The lowest BCUT2D eigenvalue weighted by molar-refractivity contribution is -0.129. The number of hydrogen-bond donors (Lipinski definition) is 1. The lowest BCUT2D eigenvalue weighted by atomic mass is 10.2. The van der Waals surface area contributed by atoms with Crippen LogP contribution in [0.15, 0.2) is 59.5 Å².